The third-order valence-corrected chi connectivity index (χ3v) is 5.71. The van der Waals surface area contributed by atoms with E-state index in [9.17, 15) is 13.2 Å². The summed E-state index contributed by atoms with van der Waals surface area (Å²) in [5.41, 5.74) is 0.977. The molecule has 0 spiro atoms. The Hall–Kier alpha value is -1.31. The Kier molecular flexibility index (Phi) is 6.48. The molecule has 134 valence electrons. The number of aryl methyl sites for hydroxylation is 1. The second-order valence-corrected chi connectivity index (χ2v) is 8.40. The lowest BCUT2D eigenvalue weighted by molar-refractivity contribution is -0.126. The van der Waals surface area contributed by atoms with Gasteiger partial charge in [0.25, 0.3) is 0 Å². The highest BCUT2D eigenvalue weighted by atomic mass is 35.5. The van der Waals surface area contributed by atoms with E-state index in [0.717, 1.165) is 5.56 Å². The van der Waals surface area contributed by atoms with E-state index < -0.39 is 10.0 Å². The monoisotopic (exact) mass is 374 g/mol. The molecule has 0 saturated carbocycles. The van der Waals surface area contributed by atoms with E-state index in [1.807, 2.05) is 19.1 Å². The molecule has 1 amide bonds. The van der Waals surface area contributed by atoms with Gasteiger partial charge in [0.2, 0.25) is 15.9 Å². The number of nitrogens with zero attached hydrogens (tertiary/aromatic N) is 1. The summed E-state index contributed by atoms with van der Waals surface area (Å²) in [6, 6.07) is 5.44. The van der Waals surface area contributed by atoms with Crippen LogP contribution in [-0.2, 0) is 14.8 Å². The molecule has 1 aromatic carbocycles. The van der Waals surface area contributed by atoms with Gasteiger partial charge < -0.3 is 10.1 Å². The number of nitrogens with one attached hydrogen (secondary N) is 1. The zero-order chi connectivity index (χ0) is 17.7. The third-order valence-electron chi connectivity index (χ3n) is 4.04. The van der Waals surface area contributed by atoms with Crippen LogP contribution in [0.25, 0.3) is 0 Å². The first-order valence-corrected chi connectivity index (χ1v) is 10.1. The molecule has 0 radical (unpaired) electrons. The molecule has 2 rings (SSSR count). The van der Waals surface area contributed by atoms with Gasteiger partial charge in [-0.15, -0.1) is 0 Å². The van der Waals surface area contributed by atoms with E-state index in [1.54, 1.807) is 6.07 Å². The standard InChI is InChI=1S/C16H23ClN2O4S/c1-12-5-6-14(10-15(12)17)23-9-7-18-16(20)13-4-3-8-19(11-13)24(2,21)22/h5-6,10,13H,3-4,7-9,11H2,1-2H3,(H,18,20)/t13-/m1/s1. The minimum absolute atomic E-state index is 0.131. The van der Waals surface area contributed by atoms with Crippen molar-refractivity contribution in [3.8, 4) is 5.75 Å². The van der Waals surface area contributed by atoms with Gasteiger partial charge in [-0.05, 0) is 37.5 Å². The van der Waals surface area contributed by atoms with E-state index in [4.69, 9.17) is 16.3 Å². The maximum absolute atomic E-state index is 12.2. The van der Waals surface area contributed by atoms with Crippen LogP contribution >= 0.6 is 11.6 Å². The van der Waals surface area contributed by atoms with Crippen molar-refractivity contribution in [3.63, 3.8) is 0 Å². The number of sulfonamides is 1. The van der Waals surface area contributed by atoms with Gasteiger partial charge in [0, 0.05) is 18.1 Å². The molecule has 0 bridgehead atoms. The number of rotatable bonds is 6. The van der Waals surface area contributed by atoms with Gasteiger partial charge >= 0.3 is 0 Å². The van der Waals surface area contributed by atoms with Crippen molar-refractivity contribution in [3.05, 3.63) is 28.8 Å². The predicted molar refractivity (Wildman–Crippen MR) is 93.8 cm³/mol. The van der Waals surface area contributed by atoms with Gasteiger partial charge in [0.1, 0.15) is 12.4 Å². The Morgan fingerprint density at radius 2 is 2.21 bits per heavy atom. The molecule has 1 aliphatic rings. The second kappa shape index (κ2) is 8.18. The molecule has 0 aromatic heterocycles. The van der Waals surface area contributed by atoms with Crippen LogP contribution in [0.2, 0.25) is 5.02 Å². The van der Waals surface area contributed by atoms with Gasteiger partial charge in [0.15, 0.2) is 0 Å². The van der Waals surface area contributed by atoms with E-state index in [-0.39, 0.29) is 18.4 Å². The van der Waals surface area contributed by atoms with Crippen LogP contribution in [0.5, 0.6) is 5.75 Å². The zero-order valence-electron chi connectivity index (χ0n) is 13.9. The lowest BCUT2D eigenvalue weighted by Crippen LogP contribution is -2.45. The van der Waals surface area contributed by atoms with Crippen molar-refractivity contribution < 1.29 is 17.9 Å². The summed E-state index contributed by atoms with van der Waals surface area (Å²) in [6.45, 7) is 3.34. The highest BCUT2D eigenvalue weighted by Crippen LogP contribution is 2.21. The second-order valence-electron chi connectivity index (χ2n) is 6.01. The Bertz CT molecular complexity index is 693. The zero-order valence-corrected chi connectivity index (χ0v) is 15.5. The van der Waals surface area contributed by atoms with Crippen molar-refractivity contribution in [2.75, 3.05) is 32.5 Å². The van der Waals surface area contributed by atoms with Gasteiger partial charge in [-0.3, -0.25) is 4.79 Å². The van der Waals surface area contributed by atoms with Gasteiger partial charge in [0.05, 0.1) is 18.7 Å². The van der Waals surface area contributed by atoms with Gasteiger partial charge in [-0.1, -0.05) is 17.7 Å². The normalized spacial score (nSPS) is 19.0. The van der Waals surface area contributed by atoms with E-state index in [1.165, 1.54) is 10.6 Å². The number of halogens is 1. The number of carbonyl (C=O) groups is 1. The number of amides is 1. The van der Waals surface area contributed by atoms with E-state index >= 15 is 0 Å². The fourth-order valence-corrected chi connectivity index (χ4v) is 3.69. The summed E-state index contributed by atoms with van der Waals surface area (Å²) < 4.78 is 30.1. The SMILES string of the molecule is Cc1ccc(OCCNC(=O)[C@@H]2CCCN(S(C)(=O)=O)C2)cc1Cl. The number of piperidine rings is 1. The average Bonchev–Trinajstić information content (AvgIpc) is 2.54. The summed E-state index contributed by atoms with van der Waals surface area (Å²) in [5, 5.41) is 3.44. The smallest absolute Gasteiger partial charge is 0.224 e. The molecule has 1 saturated heterocycles. The Morgan fingerprint density at radius 1 is 1.46 bits per heavy atom. The number of carbonyl (C=O) groups excluding carboxylic acids is 1. The quantitative estimate of drug-likeness (QED) is 0.770. The molecule has 6 nitrogen and oxygen atoms in total. The average molecular weight is 375 g/mol. The molecule has 24 heavy (non-hydrogen) atoms. The Morgan fingerprint density at radius 3 is 2.88 bits per heavy atom. The summed E-state index contributed by atoms with van der Waals surface area (Å²) in [6.07, 6.45) is 2.57. The number of ether oxygens (including phenoxy) is 1. The lowest BCUT2D eigenvalue weighted by atomic mass is 9.99. The van der Waals surface area contributed by atoms with Crippen LogP contribution in [0.15, 0.2) is 18.2 Å². The summed E-state index contributed by atoms with van der Waals surface area (Å²) in [7, 11) is -3.25. The molecular formula is C16H23ClN2O4S. The minimum Gasteiger partial charge on any atom is -0.492 e. The molecule has 1 N–H and O–H groups in total. The van der Waals surface area contributed by atoms with Crippen molar-refractivity contribution in [2.45, 2.75) is 19.8 Å². The first-order valence-electron chi connectivity index (χ1n) is 7.89. The van der Waals surface area contributed by atoms with Crippen molar-refractivity contribution >= 4 is 27.5 Å². The van der Waals surface area contributed by atoms with Crippen molar-refractivity contribution in [2.24, 2.45) is 5.92 Å². The fourth-order valence-electron chi connectivity index (χ4n) is 2.61. The largest absolute Gasteiger partial charge is 0.492 e. The van der Waals surface area contributed by atoms with Crippen LogP contribution in [0, 0.1) is 12.8 Å². The first-order chi connectivity index (χ1) is 11.3. The first kappa shape index (κ1) is 19.0. The van der Waals surface area contributed by atoms with Crippen LogP contribution in [0.1, 0.15) is 18.4 Å². The summed E-state index contributed by atoms with van der Waals surface area (Å²) >= 11 is 6.03. The van der Waals surface area contributed by atoms with Crippen LogP contribution in [-0.4, -0.2) is 51.1 Å². The minimum atomic E-state index is -3.25. The number of hydrogen-bond donors (Lipinski definition) is 1. The molecule has 1 aromatic rings. The molecule has 8 heteroatoms. The van der Waals surface area contributed by atoms with Gasteiger partial charge in [-0.25, -0.2) is 12.7 Å². The Balaban J connectivity index is 1.75. The fraction of sp³-hybridized carbons (Fsp3) is 0.562. The highest BCUT2D eigenvalue weighted by Gasteiger charge is 2.29. The predicted octanol–water partition coefficient (Wildman–Crippen LogP) is 1.82. The topological polar surface area (TPSA) is 75.7 Å². The molecule has 1 atom stereocenters. The number of hydrogen-bond acceptors (Lipinski definition) is 4. The van der Waals surface area contributed by atoms with E-state index in [2.05, 4.69) is 5.32 Å². The molecule has 1 aliphatic heterocycles. The molecule has 1 fully saturated rings. The maximum atomic E-state index is 12.2. The number of benzene rings is 1. The third kappa shape index (κ3) is 5.36. The van der Waals surface area contributed by atoms with Gasteiger partial charge in [-0.2, -0.15) is 0 Å². The summed E-state index contributed by atoms with van der Waals surface area (Å²) in [5.74, 6) is 0.219. The summed E-state index contributed by atoms with van der Waals surface area (Å²) in [4.78, 5) is 12.2. The Labute approximate surface area is 148 Å². The van der Waals surface area contributed by atoms with Crippen molar-refractivity contribution in [1.82, 2.24) is 9.62 Å². The molecule has 1 heterocycles. The van der Waals surface area contributed by atoms with E-state index in [0.29, 0.717) is 43.3 Å². The highest BCUT2D eigenvalue weighted by molar-refractivity contribution is 7.88. The lowest BCUT2D eigenvalue weighted by Gasteiger charge is -2.30. The van der Waals surface area contributed by atoms with Crippen LogP contribution < -0.4 is 10.1 Å². The van der Waals surface area contributed by atoms with Crippen molar-refractivity contribution in [1.29, 1.82) is 0 Å². The molecule has 0 unspecified atom stereocenters. The molecule has 0 aliphatic carbocycles. The van der Waals surface area contributed by atoms with Crippen LogP contribution in [0.3, 0.4) is 0 Å². The maximum Gasteiger partial charge on any atom is 0.224 e. The molecular weight excluding hydrogens is 352 g/mol. The van der Waals surface area contributed by atoms with Crippen LogP contribution in [0.4, 0.5) is 0 Å².